The molecule has 2 N–H and O–H groups in total. The number of hydrogen-bond donors (Lipinski definition) is 2. The number of phenolic OH excluding ortho intramolecular Hbond substituents is 1. The maximum Gasteiger partial charge on any atom is 0.306 e. The first-order chi connectivity index (χ1) is 11.8. The molecule has 0 bridgehead atoms. The van der Waals surface area contributed by atoms with Crippen LogP contribution >= 0.6 is 0 Å². The number of aryl methyl sites for hydroxylation is 1. The molecule has 2 unspecified atom stereocenters. The zero-order valence-corrected chi connectivity index (χ0v) is 17.9. The maximum absolute atomic E-state index is 11.5. The molecule has 3 heteroatoms. The molecule has 2 atom stereocenters. The summed E-state index contributed by atoms with van der Waals surface area (Å²) in [6.07, 6.45) is 3.02. The van der Waals surface area contributed by atoms with Gasteiger partial charge in [0.1, 0.15) is 5.75 Å². The molecule has 148 valence electrons. The molecule has 0 aliphatic carbocycles. The Morgan fingerprint density at radius 1 is 1.08 bits per heavy atom. The van der Waals surface area contributed by atoms with Crippen molar-refractivity contribution in [2.24, 2.45) is 17.3 Å². The number of hydrogen-bond acceptors (Lipinski definition) is 2. The number of benzene rings is 1. The minimum absolute atomic E-state index is 0.180. The lowest BCUT2D eigenvalue weighted by Gasteiger charge is -2.28. The number of carboxylic acid groups (broad SMARTS) is 1. The minimum atomic E-state index is -0.744. The molecule has 3 nitrogen and oxygen atoms in total. The highest BCUT2D eigenvalue weighted by Crippen LogP contribution is 2.36. The van der Waals surface area contributed by atoms with Crippen LogP contribution in [0.3, 0.4) is 0 Å². The van der Waals surface area contributed by atoms with Crippen LogP contribution in [-0.2, 0) is 23.1 Å². The molecule has 0 aromatic heterocycles. The molecule has 1 rings (SSSR count). The van der Waals surface area contributed by atoms with E-state index in [9.17, 15) is 15.0 Å². The van der Waals surface area contributed by atoms with Gasteiger partial charge >= 0.3 is 5.97 Å². The lowest BCUT2D eigenvalue weighted by Crippen LogP contribution is -2.20. The second-order valence-electron chi connectivity index (χ2n) is 9.84. The van der Waals surface area contributed by atoms with E-state index >= 15 is 0 Å². The fraction of sp³-hybridized carbons (Fsp3) is 0.696. The lowest BCUT2D eigenvalue weighted by molar-refractivity contribution is -0.141. The smallest absolute Gasteiger partial charge is 0.306 e. The van der Waals surface area contributed by atoms with Crippen LogP contribution < -0.4 is 0 Å². The number of rotatable bonds is 7. The zero-order valence-electron chi connectivity index (χ0n) is 17.9. The van der Waals surface area contributed by atoms with Gasteiger partial charge in [-0.15, -0.1) is 0 Å². The normalized spacial score (nSPS) is 14.9. The first-order valence-electron chi connectivity index (χ1n) is 9.85. The van der Waals surface area contributed by atoms with E-state index in [1.807, 2.05) is 19.1 Å². The van der Waals surface area contributed by atoms with Crippen LogP contribution in [0.15, 0.2) is 12.1 Å². The van der Waals surface area contributed by atoms with Crippen molar-refractivity contribution in [1.82, 2.24) is 0 Å². The van der Waals surface area contributed by atoms with E-state index in [1.165, 1.54) is 0 Å². The summed E-state index contributed by atoms with van der Waals surface area (Å²) in [4.78, 5) is 11.5. The van der Waals surface area contributed by atoms with Crippen molar-refractivity contribution in [2.75, 3.05) is 0 Å². The fourth-order valence-corrected chi connectivity index (χ4v) is 3.18. The van der Waals surface area contributed by atoms with E-state index < -0.39 is 5.97 Å². The van der Waals surface area contributed by atoms with Gasteiger partial charge in [-0.1, -0.05) is 61.5 Å². The monoisotopic (exact) mass is 362 g/mol. The molecular weight excluding hydrogens is 324 g/mol. The molecule has 26 heavy (non-hydrogen) atoms. The summed E-state index contributed by atoms with van der Waals surface area (Å²) in [6.45, 7) is 17.1. The lowest BCUT2D eigenvalue weighted by atomic mass is 9.77. The summed E-state index contributed by atoms with van der Waals surface area (Å²) in [6, 6.07) is 3.91. The van der Waals surface area contributed by atoms with E-state index in [1.54, 1.807) is 0 Å². The molecule has 1 aromatic carbocycles. The van der Waals surface area contributed by atoms with Crippen LogP contribution in [0.2, 0.25) is 0 Å². The first kappa shape index (κ1) is 22.5. The summed E-state index contributed by atoms with van der Waals surface area (Å²) < 4.78 is 0. The van der Waals surface area contributed by atoms with Crippen molar-refractivity contribution in [1.29, 1.82) is 0 Å². The molecule has 1 aromatic rings. The Bertz CT molecular complexity index is 618. The van der Waals surface area contributed by atoms with Gasteiger partial charge < -0.3 is 10.2 Å². The summed E-state index contributed by atoms with van der Waals surface area (Å²) in [5.41, 5.74) is 3.11. The fourth-order valence-electron chi connectivity index (χ4n) is 3.18. The highest BCUT2D eigenvalue weighted by molar-refractivity contribution is 5.70. The number of carbonyl (C=O) groups is 1. The van der Waals surface area contributed by atoms with Gasteiger partial charge in [-0.25, -0.2) is 0 Å². The highest BCUT2D eigenvalue weighted by Gasteiger charge is 2.25. The summed E-state index contributed by atoms with van der Waals surface area (Å²) >= 11 is 0. The Labute approximate surface area is 159 Å². The van der Waals surface area contributed by atoms with Crippen LogP contribution in [-0.4, -0.2) is 16.2 Å². The highest BCUT2D eigenvalue weighted by atomic mass is 16.4. The number of phenols is 1. The third-order valence-corrected chi connectivity index (χ3v) is 5.76. The van der Waals surface area contributed by atoms with Crippen molar-refractivity contribution in [2.45, 2.75) is 86.5 Å². The predicted octanol–water partition coefficient (Wildman–Crippen LogP) is 5.96. The molecule has 0 spiro atoms. The van der Waals surface area contributed by atoms with Gasteiger partial charge in [0.2, 0.25) is 0 Å². The SMILES string of the molecule is CCC(Cc1cc(C(C)(C)C)c(O)cc1CCC(C)C(C)(C)C)C(=O)O. The van der Waals surface area contributed by atoms with Gasteiger partial charge in [0.25, 0.3) is 0 Å². The maximum atomic E-state index is 11.5. The Hall–Kier alpha value is -1.51. The number of aliphatic carboxylic acids is 1. The van der Waals surface area contributed by atoms with E-state index in [0.29, 0.717) is 24.5 Å². The molecule has 0 radical (unpaired) electrons. The van der Waals surface area contributed by atoms with Crippen LogP contribution in [0.1, 0.15) is 84.9 Å². The quantitative estimate of drug-likeness (QED) is 0.629. The molecule has 0 saturated carbocycles. The number of aromatic hydroxyl groups is 1. The van der Waals surface area contributed by atoms with E-state index in [0.717, 1.165) is 29.5 Å². The van der Waals surface area contributed by atoms with E-state index in [-0.39, 0.29) is 16.7 Å². The van der Waals surface area contributed by atoms with Gasteiger partial charge in [0.05, 0.1) is 5.92 Å². The Morgan fingerprint density at radius 3 is 2.08 bits per heavy atom. The Balaban J connectivity index is 3.25. The molecule has 0 aliphatic rings. The topological polar surface area (TPSA) is 57.5 Å². The molecule has 0 aliphatic heterocycles. The van der Waals surface area contributed by atoms with Crippen LogP contribution in [0.5, 0.6) is 5.75 Å². The third-order valence-electron chi connectivity index (χ3n) is 5.76. The Kier molecular flexibility index (Phi) is 7.33. The summed E-state index contributed by atoms with van der Waals surface area (Å²) in [5.74, 6) is -0.262. The van der Waals surface area contributed by atoms with Crippen molar-refractivity contribution >= 4 is 5.97 Å². The van der Waals surface area contributed by atoms with Crippen LogP contribution in [0.25, 0.3) is 0 Å². The summed E-state index contributed by atoms with van der Waals surface area (Å²) in [7, 11) is 0. The first-order valence-corrected chi connectivity index (χ1v) is 9.85. The molecule has 0 fully saturated rings. The second-order valence-corrected chi connectivity index (χ2v) is 9.84. The Morgan fingerprint density at radius 2 is 1.65 bits per heavy atom. The van der Waals surface area contributed by atoms with Crippen LogP contribution in [0, 0.1) is 17.3 Å². The van der Waals surface area contributed by atoms with Crippen molar-refractivity contribution < 1.29 is 15.0 Å². The average molecular weight is 363 g/mol. The van der Waals surface area contributed by atoms with Gasteiger partial charge in [-0.3, -0.25) is 4.79 Å². The van der Waals surface area contributed by atoms with Crippen molar-refractivity contribution in [3.63, 3.8) is 0 Å². The van der Waals surface area contributed by atoms with E-state index in [2.05, 4.69) is 48.5 Å². The molecule has 0 heterocycles. The standard InChI is InChI=1S/C23H38O3/c1-9-16(21(25)26)12-18-13-19(23(6,7)8)20(24)14-17(18)11-10-15(2)22(3,4)5/h13-16,24H,9-12H2,1-8H3,(H,25,26). The van der Waals surface area contributed by atoms with Crippen molar-refractivity contribution in [3.05, 3.63) is 28.8 Å². The zero-order chi connectivity index (χ0) is 20.3. The van der Waals surface area contributed by atoms with Gasteiger partial charge in [0, 0.05) is 0 Å². The van der Waals surface area contributed by atoms with Crippen LogP contribution in [0.4, 0.5) is 0 Å². The van der Waals surface area contributed by atoms with E-state index in [4.69, 9.17) is 0 Å². The minimum Gasteiger partial charge on any atom is -0.508 e. The largest absolute Gasteiger partial charge is 0.508 e. The predicted molar refractivity (Wildman–Crippen MR) is 109 cm³/mol. The molecule has 0 saturated heterocycles. The molecule has 0 amide bonds. The van der Waals surface area contributed by atoms with Crippen molar-refractivity contribution in [3.8, 4) is 5.75 Å². The third kappa shape index (κ3) is 6.03. The van der Waals surface area contributed by atoms with Gasteiger partial charge in [-0.05, 0) is 65.2 Å². The summed E-state index contributed by atoms with van der Waals surface area (Å²) in [5, 5.41) is 20.0. The second kappa shape index (κ2) is 8.45. The van der Waals surface area contributed by atoms with Gasteiger partial charge in [-0.2, -0.15) is 0 Å². The average Bonchev–Trinajstić information content (AvgIpc) is 2.48. The number of carboxylic acids is 1. The van der Waals surface area contributed by atoms with Gasteiger partial charge in [0.15, 0.2) is 0 Å². The molecular formula is C23H38O3.